The van der Waals surface area contributed by atoms with Crippen LogP contribution in [0, 0.1) is 18.6 Å². The fourth-order valence-corrected chi connectivity index (χ4v) is 3.83. The minimum atomic E-state index is -0.515. The van der Waals surface area contributed by atoms with Crippen molar-refractivity contribution in [3.05, 3.63) is 58.7 Å². The van der Waals surface area contributed by atoms with Crippen LogP contribution in [0.3, 0.4) is 0 Å². The van der Waals surface area contributed by atoms with Crippen molar-refractivity contribution >= 4 is 0 Å². The van der Waals surface area contributed by atoms with Crippen molar-refractivity contribution in [2.24, 2.45) is 0 Å². The number of hydrogen-bond acceptors (Lipinski definition) is 3. The number of hydrogen-bond donors (Lipinski definition) is 0. The van der Waals surface area contributed by atoms with Crippen molar-refractivity contribution in [3.63, 3.8) is 0 Å². The minimum absolute atomic E-state index is 0.265. The fraction of sp³-hybridized carbons (Fsp3) is 0.412. The zero-order chi connectivity index (χ0) is 15.3. The number of rotatable bonds is 2. The van der Waals surface area contributed by atoms with Crippen LogP contribution in [0.15, 0.2) is 24.4 Å². The highest BCUT2D eigenvalue weighted by Crippen LogP contribution is 2.43. The largest absolute Gasteiger partial charge is 0.289 e. The van der Waals surface area contributed by atoms with Gasteiger partial charge in [0, 0.05) is 42.9 Å². The maximum absolute atomic E-state index is 13.4. The lowest BCUT2D eigenvalue weighted by atomic mass is 9.98. The molecule has 0 aliphatic carbocycles. The van der Waals surface area contributed by atoms with Crippen LogP contribution in [0.2, 0.25) is 0 Å². The van der Waals surface area contributed by atoms with Crippen molar-refractivity contribution in [1.82, 2.24) is 14.9 Å². The molecule has 22 heavy (non-hydrogen) atoms. The van der Waals surface area contributed by atoms with Crippen LogP contribution >= 0.6 is 0 Å². The van der Waals surface area contributed by atoms with Gasteiger partial charge < -0.3 is 0 Å². The van der Waals surface area contributed by atoms with Gasteiger partial charge in [-0.3, -0.25) is 4.90 Å². The fourth-order valence-electron chi connectivity index (χ4n) is 3.83. The average Bonchev–Trinajstić information content (AvgIpc) is 2.72. The highest BCUT2D eigenvalue weighted by molar-refractivity contribution is 5.29. The SMILES string of the molecule is Cc1ncc2c(n1)CC1CCC2N1Cc1cc(F)cc(F)c1. The molecule has 2 unspecified atom stereocenters. The van der Waals surface area contributed by atoms with E-state index in [4.69, 9.17) is 0 Å². The van der Waals surface area contributed by atoms with E-state index in [2.05, 4.69) is 14.9 Å². The van der Waals surface area contributed by atoms with E-state index in [0.717, 1.165) is 36.8 Å². The zero-order valence-corrected chi connectivity index (χ0v) is 12.4. The van der Waals surface area contributed by atoms with Crippen molar-refractivity contribution in [1.29, 1.82) is 0 Å². The van der Waals surface area contributed by atoms with Crippen molar-refractivity contribution < 1.29 is 8.78 Å². The lowest BCUT2D eigenvalue weighted by Gasteiger charge is -2.35. The number of benzene rings is 1. The molecular formula is C17H17F2N3. The minimum Gasteiger partial charge on any atom is -0.289 e. The van der Waals surface area contributed by atoms with Gasteiger partial charge in [0.05, 0.1) is 5.69 Å². The molecule has 0 radical (unpaired) electrons. The molecular weight excluding hydrogens is 284 g/mol. The second-order valence-electron chi connectivity index (χ2n) is 6.22. The molecule has 0 N–H and O–H groups in total. The van der Waals surface area contributed by atoms with E-state index in [1.165, 1.54) is 17.7 Å². The third kappa shape index (κ3) is 2.29. The van der Waals surface area contributed by atoms with Crippen LogP contribution in [0.4, 0.5) is 8.78 Å². The van der Waals surface area contributed by atoms with E-state index < -0.39 is 11.6 Å². The van der Waals surface area contributed by atoms with Gasteiger partial charge in [-0.2, -0.15) is 0 Å². The lowest BCUT2D eigenvalue weighted by Crippen LogP contribution is -2.37. The van der Waals surface area contributed by atoms with Gasteiger partial charge in [0.15, 0.2) is 0 Å². The first kappa shape index (κ1) is 13.8. The second kappa shape index (κ2) is 5.09. The molecule has 0 amide bonds. The number of halogens is 2. The van der Waals surface area contributed by atoms with Crippen LogP contribution < -0.4 is 0 Å². The standard InChI is InChI=1S/C17H17F2N3/c1-10-20-8-15-16(21-10)7-14-2-3-17(15)22(14)9-11-4-12(18)6-13(19)5-11/h4-6,8,14,17H,2-3,7,9H2,1H3. The molecule has 1 saturated heterocycles. The van der Waals surface area contributed by atoms with Gasteiger partial charge in [0.2, 0.25) is 0 Å². The van der Waals surface area contributed by atoms with Crippen LogP contribution in [0.25, 0.3) is 0 Å². The van der Waals surface area contributed by atoms with Crippen molar-refractivity contribution in [3.8, 4) is 0 Å². The molecule has 2 aromatic rings. The Balaban J connectivity index is 1.65. The number of fused-ring (bicyclic) bond motifs is 4. The lowest BCUT2D eigenvalue weighted by molar-refractivity contribution is 0.165. The summed E-state index contributed by atoms with van der Waals surface area (Å²) in [5.74, 6) is -0.226. The van der Waals surface area contributed by atoms with E-state index in [0.29, 0.717) is 18.2 Å². The normalized spacial score (nSPS) is 23.6. The average molecular weight is 301 g/mol. The van der Waals surface area contributed by atoms with Gasteiger partial charge in [-0.25, -0.2) is 18.7 Å². The van der Waals surface area contributed by atoms with Gasteiger partial charge in [0.25, 0.3) is 0 Å². The Kier molecular flexibility index (Phi) is 3.18. The molecule has 1 fully saturated rings. The molecule has 0 spiro atoms. The summed E-state index contributed by atoms with van der Waals surface area (Å²) >= 11 is 0. The van der Waals surface area contributed by atoms with Crippen LogP contribution in [0.5, 0.6) is 0 Å². The Hall–Kier alpha value is -1.88. The Bertz CT molecular complexity index is 712. The Morgan fingerprint density at radius 1 is 1.18 bits per heavy atom. The third-order valence-corrected chi connectivity index (χ3v) is 4.74. The number of aryl methyl sites for hydroxylation is 1. The van der Waals surface area contributed by atoms with E-state index in [9.17, 15) is 8.78 Å². The zero-order valence-electron chi connectivity index (χ0n) is 12.4. The van der Waals surface area contributed by atoms with Gasteiger partial charge in [-0.15, -0.1) is 0 Å². The molecule has 1 aromatic heterocycles. The first-order valence-corrected chi connectivity index (χ1v) is 7.63. The van der Waals surface area contributed by atoms with Gasteiger partial charge >= 0.3 is 0 Å². The van der Waals surface area contributed by atoms with Crippen LogP contribution in [-0.2, 0) is 13.0 Å². The quantitative estimate of drug-likeness (QED) is 0.852. The van der Waals surface area contributed by atoms with E-state index in [1.54, 1.807) is 0 Å². The third-order valence-electron chi connectivity index (χ3n) is 4.74. The van der Waals surface area contributed by atoms with E-state index in [-0.39, 0.29) is 6.04 Å². The van der Waals surface area contributed by atoms with E-state index in [1.807, 2.05) is 13.1 Å². The van der Waals surface area contributed by atoms with Gasteiger partial charge in [-0.1, -0.05) is 0 Å². The Morgan fingerprint density at radius 2 is 1.95 bits per heavy atom. The molecule has 5 heteroatoms. The number of nitrogens with zero attached hydrogens (tertiary/aromatic N) is 3. The predicted molar refractivity (Wildman–Crippen MR) is 78.1 cm³/mol. The Labute approximate surface area is 128 Å². The van der Waals surface area contributed by atoms with E-state index >= 15 is 0 Å². The predicted octanol–water partition coefficient (Wildman–Crippen LogP) is 3.33. The summed E-state index contributed by atoms with van der Waals surface area (Å²) in [5.41, 5.74) is 3.00. The molecule has 2 aliphatic heterocycles. The van der Waals surface area contributed by atoms with Crippen molar-refractivity contribution in [2.75, 3.05) is 0 Å². The molecule has 3 heterocycles. The summed E-state index contributed by atoms with van der Waals surface area (Å²) in [4.78, 5) is 11.2. The molecule has 0 saturated carbocycles. The highest BCUT2D eigenvalue weighted by Gasteiger charge is 2.40. The topological polar surface area (TPSA) is 29.0 Å². The first-order valence-electron chi connectivity index (χ1n) is 7.63. The summed E-state index contributed by atoms with van der Waals surface area (Å²) in [6, 6.07) is 4.42. The molecule has 2 bridgehead atoms. The monoisotopic (exact) mass is 301 g/mol. The first-order chi connectivity index (χ1) is 10.6. The van der Waals surface area contributed by atoms with Gasteiger partial charge in [0.1, 0.15) is 17.5 Å². The summed E-state index contributed by atoms with van der Waals surface area (Å²) in [7, 11) is 0. The summed E-state index contributed by atoms with van der Waals surface area (Å²) in [6.45, 7) is 2.47. The van der Waals surface area contributed by atoms with Crippen LogP contribution in [-0.4, -0.2) is 20.9 Å². The summed E-state index contributed by atoms with van der Waals surface area (Å²) in [6.07, 6.45) is 4.97. The maximum atomic E-state index is 13.4. The van der Waals surface area contributed by atoms with Crippen LogP contribution in [0.1, 0.15) is 41.5 Å². The summed E-state index contributed by atoms with van der Waals surface area (Å²) in [5, 5.41) is 0. The second-order valence-corrected chi connectivity index (χ2v) is 6.22. The maximum Gasteiger partial charge on any atom is 0.126 e. The molecule has 1 aromatic carbocycles. The molecule has 4 rings (SSSR count). The molecule has 3 nitrogen and oxygen atoms in total. The molecule has 2 aliphatic rings. The van der Waals surface area contributed by atoms with Crippen molar-refractivity contribution in [2.45, 2.75) is 44.8 Å². The summed E-state index contributed by atoms with van der Waals surface area (Å²) < 4.78 is 26.8. The molecule has 114 valence electrons. The molecule has 2 atom stereocenters. The smallest absolute Gasteiger partial charge is 0.126 e. The number of aromatic nitrogens is 2. The highest BCUT2D eigenvalue weighted by atomic mass is 19.1. The Morgan fingerprint density at radius 3 is 2.73 bits per heavy atom. The van der Waals surface area contributed by atoms with Gasteiger partial charge in [-0.05, 0) is 37.5 Å².